The highest BCUT2D eigenvalue weighted by molar-refractivity contribution is 6.08. The Morgan fingerprint density at radius 2 is 1.89 bits per heavy atom. The second-order valence-corrected chi connectivity index (χ2v) is 6.84. The third kappa shape index (κ3) is 3.06. The lowest BCUT2D eigenvalue weighted by Crippen LogP contribution is -2.52. The summed E-state index contributed by atoms with van der Waals surface area (Å²) < 4.78 is 5.29. The molecule has 2 fully saturated rings. The molecule has 0 aliphatic carbocycles. The summed E-state index contributed by atoms with van der Waals surface area (Å²) in [7, 11) is 0. The van der Waals surface area contributed by atoms with Crippen LogP contribution in [0.4, 0.5) is 10.7 Å². The van der Waals surface area contributed by atoms with Crippen molar-refractivity contribution in [2.24, 2.45) is 0 Å². The SMILES string of the molecule is CC1(c2ccco2)NC(=O)N(CC(=O)N2CCN(c3ncccn3)CC2)C1=O. The summed E-state index contributed by atoms with van der Waals surface area (Å²) in [5, 5.41) is 2.62. The molecule has 2 aliphatic heterocycles. The molecule has 1 N–H and O–H groups in total. The standard InChI is InChI=1S/C18H20N6O4/c1-18(13-4-2-11-28-13)15(26)24(17(27)21-18)12-14(25)22-7-9-23(10-8-22)16-19-5-3-6-20-16/h2-6,11H,7-10,12H2,1H3,(H,21,27). The molecular weight excluding hydrogens is 364 g/mol. The number of carbonyl (C=O) groups is 3. The van der Waals surface area contributed by atoms with Gasteiger partial charge in [-0.3, -0.25) is 14.5 Å². The fraction of sp³-hybridized carbons (Fsp3) is 0.389. The fourth-order valence-corrected chi connectivity index (χ4v) is 3.42. The van der Waals surface area contributed by atoms with Crippen LogP contribution in [0.5, 0.6) is 0 Å². The maximum Gasteiger partial charge on any atom is 0.325 e. The van der Waals surface area contributed by atoms with E-state index in [9.17, 15) is 14.4 Å². The smallest absolute Gasteiger partial charge is 0.325 e. The molecule has 2 aromatic heterocycles. The highest BCUT2D eigenvalue weighted by atomic mass is 16.3. The molecule has 28 heavy (non-hydrogen) atoms. The molecule has 2 saturated heterocycles. The molecule has 146 valence electrons. The van der Waals surface area contributed by atoms with Crippen molar-refractivity contribution in [3.63, 3.8) is 0 Å². The Hall–Kier alpha value is -3.43. The van der Waals surface area contributed by atoms with Gasteiger partial charge >= 0.3 is 6.03 Å². The summed E-state index contributed by atoms with van der Waals surface area (Å²) in [5.74, 6) is 0.174. The number of anilines is 1. The van der Waals surface area contributed by atoms with E-state index < -0.39 is 17.5 Å². The van der Waals surface area contributed by atoms with Crippen LogP contribution in [-0.2, 0) is 15.1 Å². The quantitative estimate of drug-likeness (QED) is 0.749. The van der Waals surface area contributed by atoms with Gasteiger partial charge in [-0.1, -0.05) is 0 Å². The van der Waals surface area contributed by atoms with Crippen molar-refractivity contribution in [2.45, 2.75) is 12.5 Å². The maximum atomic E-state index is 12.8. The minimum Gasteiger partial charge on any atom is -0.466 e. The topological polar surface area (TPSA) is 112 Å². The molecule has 0 spiro atoms. The molecule has 4 heterocycles. The van der Waals surface area contributed by atoms with Crippen molar-refractivity contribution in [3.05, 3.63) is 42.6 Å². The summed E-state index contributed by atoms with van der Waals surface area (Å²) in [6.07, 6.45) is 4.78. The van der Waals surface area contributed by atoms with Gasteiger partial charge < -0.3 is 19.5 Å². The van der Waals surface area contributed by atoms with Gasteiger partial charge in [0.05, 0.1) is 6.26 Å². The Bertz CT molecular complexity index is 879. The highest BCUT2D eigenvalue weighted by Crippen LogP contribution is 2.29. The minimum absolute atomic E-state index is 0.277. The predicted molar refractivity (Wildman–Crippen MR) is 97.1 cm³/mol. The number of imide groups is 1. The maximum absolute atomic E-state index is 12.8. The zero-order valence-electron chi connectivity index (χ0n) is 15.4. The van der Waals surface area contributed by atoms with Crippen molar-refractivity contribution >= 4 is 23.8 Å². The summed E-state index contributed by atoms with van der Waals surface area (Å²) in [4.78, 5) is 50.8. The van der Waals surface area contributed by atoms with E-state index >= 15 is 0 Å². The number of rotatable bonds is 4. The highest BCUT2D eigenvalue weighted by Gasteiger charge is 2.51. The number of hydrogen-bond acceptors (Lipinski definition) is 7. The fourth-order valence-electron chi connectivity index (χ4n) is 3.42. The van der Waals surface area contributed by atoms with Crippen LogP contribution in [0.3, 0.4) is 0 Å². The van der Waals surface area contributed by atoms with Crippen LogP contribution in [0.1, 0.15) is 12.7 Å². The summed E-state index contributed by atoms with van der Waals surface area (Å²) >= 11 is 0. The monoisotopic (exact) mass is 384 g/mol. The minimum atomic E-state index is -1.30. The summed E-state index contributed by atoms with van der Waals surface area (Å²) in [5.41, 5.74) is -1.30. The van der Waals surface area contributed by atoms with Crippen LogP contribution in [-0.4, -0.2) is 70.3 Å². The van der Waals surface area contributed by atoms with E-state index in [4.69, 9.17) is 4.42 Å². The van der Waals surface area contributed by atoms with Crippen molar-refractivity contribution in [1.82, 2.24) is 25.1 Å². The number of urea groups is 1. The molecule has 4 amide bonds. The van der Waals surface area contributed by atoms with Crippen LogP contribution in [0.15, 0.2) is 41.3 Å². The molecular formula is C18H20N6O4. The molecule has 10 nitrogen and oxygen atoms in total. The van der Waals surface area contributed by atoms with Gasteiger partial charge in [0.15, 0.2) is 5.54 Å². The molecule has 2 aliphatic rings. The first kappa shape index (κ1) is 18.0. The van der Waals surface area contributed by atoms with E-state index in [-0.39, 0.29) is 12.5 Å². The van der Waals surface area contributed by atoms with Crippen LogP contribution in [0.25, 0.3) is 0 Å². The van der Waals surface area contributed by atoms with Gasteiger partial charge in [0.25, 0.3) is 5.91 Å². The van der Waals surface area contributed by atoms with E-state index in [1.54, 1.807) is 42.4 Å². The zero-order chi connectivity index (χ0) is 19.7. The van der Waals surface area contributed by atoms with Gasteiger partial charge in [0.1, 0.15) is 12.3 Å². The first-order valence-electron chi connectivity index (χ1n) is 8.97. The molecule has 0 bridgehead atoms. The Kier molecular flexibility index (Phi) is 4.46. The van der Waals surface area contributed by atoms with E-state index in [2.05, 4.69) is 15.3 Å². The van der Waals surface area contributed by atoms with Gasteiger partial charge in [-0.15, -0.1) is 0 Å². The van der Waals surface area contributed by atoms with Gasteiger partial charge in [0.2, 0.25) is 11.9 Å². The van der Waals surface area contributed by atoms with Gasteiger partial charge in [-0.2, -0.15) is 0 Å². The lowest BCUT2D eigenvalue weighted by Gasteiger charge is -2.35. The summed E-state index contributed by atoms with van der Waals surface area (Å²) in [6.45, 7) is 3.37. The molecule has 0 radical (unpaired) electrons. The number of furan rings is 1. The van der Waals surface area contributed by atoms with E-state index in [1.165, 1.54) is 6.26 Å². The van der Waals surface area contributed by atoms with Crippen molar-refractivity contribution in [2.75, 3.05) is 37.6 Å². The number of amides is 4. The predicted octanol–water partition coefficient (Wildman–Crippen LogP) is 0.185. The van der Waals surface area contributed by atoms with Crippen molar-refractivity contribution < 1.29 is 18.8 Å². The second kappa shape index (κ2) is 6.95. The number of hydrogen-bond donors (Lipinski definition) is 1. The Labute approximate surface area is 161 Å². The molecule has 0 aromatic carbocycles. The first-order chi connectivity index (χ1) is 13.5. The average molecular weight is 384 g/mol. The number of carbonyl (C=O) groups excluding carboxylic acids is 3. The molecule has 4 rings (SSSR count). The van der Waals surface area contributed by atoms with Crippen LogP contribution in [0, 0.1) is 0 Å². The van der Waals surface area contributed by atoms with Gasteiger partial charge in [0, 0.05) is 38.6 Å². The normalized spacial score (nSPS) is 22.5. The average Bonchev–Trinajstić information content (AvgIpc) is 3.33. The van der Waals surface area contributed by atoms with Gasteiger partial charge in [-0.05, 0) is 25.1 Å². The molecule has 2 aromatic rings. The van der Waals surface area contributed by atoms with Crippen LogP contribution in [0.2, 0.25) is 0 Å². The first-order valence-corrected chi connectivity index (χ1v) is 8.97. The number of piperazine rings is 1. The van der Waals surface area contributed by atoms with Crippen LogP contribution < -0.4 is 10.2 Å². The Balaban J connectivity index is 1.38. The summed E-state index contributed by atoms with van der Waals surface area (Å²) in [6, 6.07) is 4.41. The lowest BCUT2D eigenvalue weighted by molar-refractivity contribution is -0.139. The molecule has 10 heteroatoms. The largest absolute Gasteiger partial charge is 0.466 e. The van der Waals surface area contributed by atoms with Crippen molar-refractivity contribution in [1.29, 1.82) is 0 Å². The van der Waals surface area contributed by atoms with Gasteiger partial charge in [-0.25, -0.2) is 14.8 Å². The zero-order valence-corrected chi connectivity index (χ0v) is 15.4. The Morgan fingerprint density at radius 1 is 1.18 bits per heavy atom. The third-order valence-electron chi connectivity index (χ3n) is 5.05. The lowest BCUT2D eigenvalue weighted by atomic mass is 9.99. The number of nitrogens with zero attached hydrogens (tertiary/aromatic N) is 5. The van der Waals surface area contributed by atoms with E-state index in [0.29, 0.717) is 37.9 Å². The van der Waals surface area contributed by atoms with E-state index in [1.807, 2.05) is 4.90 Å². The van der Waals surface area contributed by atoms with Crippen molar-refractivity contribution in [3.8, 4) is 0 Å². The second-order valence-electron chi connectivity index (χ2n) is 6.84. The van der Waals surface area contributed by atoms with E-state index in [0.717, 1.165) is 4.90 Å². The molecule has 1 unspecified atom stereocenters. The van der Waals surface area contributed by atoms with Crippen LogP contribution >= 0.6 is 0 Å². The number of nitrogens with one attached hydrogen (secondary N) is 1. The third-order valence-corrected chi connectivity index (χ3v) is 5.05. The number of aromatic nitrogens is 2. The molecule has 0 saturated carbocycles. The molecule has 1 atom stereocenters. The Morgan fingerprint density at radius 3 is 2.54 bits per heavy atom.